The molecule has 0 radical (unpaired) electrons. The Labute approximate surface area is 116 Å². The minimum absolute atomic E-state index is 0.101. The first-order valence-electron chi connectivity index (χ1n) is 5.45. The fourth-order valence-electron chi connectivity index (χ4n) is 1.55. The SMILES string of the molecule is OCc1cc(Cl)ccc1OCc1ccc(Cl)cc1. The zero-order valence-electron chi connectivity index (χ0n) is 9.57. The van der Waals surface area contributed by atoms with E-state index in [1.54, 1.807) is 18.2 Å². The van der Waals surface area contributed by atoms with Crippen LogP contribution in [-0.4, -0.2) is 5.11 Å². The van der Waals surface area contributed by atoms with Crippen molar-refractivity contribution in [3.05, 3.63) is 63.6 Å². The van der Waals surface area contributed by atoms with Gasteiger partial charge in [0, 0.05) is 15.6 Å². The van der Waals surface area contributed by atoms with E-state index >= 15 is 0 Å². The first-order chi connectivity index (χ1) is 8.69. The van der Waals surface area contributed by atoms with E-state index in [9.17, 15) is 5.11 Å². The van der Waals surface area contributed by atoms with E-state index < -0.39 is 0 Å². The maximum absolute atomic E-state index is 9.22. The number of hydrogen-bond acceptors (Lipinski definition) is 2. The zero-order valence-corrected chi connectivity index (χ0v) is 11.1. The molecule has 0 saturated heterocycles. The predicted octanol–water partition coefficient (Wildman–Crippen LogP) is 4.06. The van der Waals surface area contributed by atoms with Crippen molar-refractivity contribution in [2.75, 3.05) is 0 Å². The van der Waals surface area contributed by atoms with Crippen molar-refractivity contribution >= 4 is 23.2 Å². The van der Waals surface area contributed by atoms with Crippen molar-refractivity contribution in [2.24, 2.45) is 0 Å². The topological polar surface area (TPSA) is 29.5 Å². The smallest absolute Gasteiger partial charge is 0.125 e. The van der Waals surface area contributed by atoms with Crippen LogP contribution in [0.25, 0.3) is 0 Å². The van der Waals surface area contributed by atoms with E-state index in [4.69, 9.17) is 27.9 Å². The van der Waals surface area contributed by atoms with Crippen LogP contribution < -0.4 is 4.74 Å². The standard InChI is InChI=1S/C14H12Cl2O2/c15-12-3-1-10(2-4-12)9-18-14-6-5-13(16)7-11(14)8-17/h1-7,17H,8-9H2. The molecule has 4 heteroatoms. The molecule has 0 aliphatic heterocycles. The van der Waals surface area contributed by atoms with Crippen molar-refractivity contribution in [1.82, 2.24) is 0 Å². The van der Waals surface area contributed by atoms with Crippen molar-refractivity contribution in [3.8, 4) is 5.75 Å². The lowest BCUT2D eigenvalue weighted by molar-refractivity contribution is 0.259. The van der Waals surface area contributed by atoms with Crippen LogP contribution in [0.1, 0.15) is 11.1 Å². The van der Waals surface area contributed by atoms with Gasteiger partial charge in [-0.15, -0.1) is 0 Å². The van der Waals surface area contributed by atoms with Crippen LogP contribution in [-0.2, 0) is 13.2 Å². The molecule has 0 aliphatic rings. The van der Waals surface area contributed by atoms with Gasteiger partial charge >= 0.3 is 0 Å². The molecule has 0 heterocycles. The van der Waals surface area contributed by atoms with Crippen molar-refractivity contribution in [1.29, 1.82) is 0 Å². The van der Waals surface area contributed by atoms with Gasteiger partial charge in [-0.2, -0.15) is 0 Å². The molecule has 2 nitrogen and oxygen atoms in total. The summed E-state index contributed by atoms with van der Waals surface area (Å²) in [6.07, 6.45) is 0. The predicted molar refractivity (Wildman–Crippen MR) is 73.2 cm³/mol. The Morgan fingerprint density at radius 3 is 2.28 bits per heavy atom. The summed E-state index contributed by atoms with van der Waals surface area (Å²) in [6.45, 7) is 0.322. The van der Waals surface area contributed by atoms with Gasteiger partial charge in [-0.05, 0) is 35.9 Å². The third-order valence-corrected chi connectivity index (χ3v) is 2.99. The summed E-state index contributed by atoms with van der Waals surface area (Å²) >= 11 is 11.7. The molecule has 2 aromatic carbocycles. The molecule has 0 bridgehead atoms. The number of benzene rings is 2. The average molecular weight is 283 g/mol. The van der Waals surface area contributed by atoms with E-state index in [0.29, 0.717) is 28.0 Å². The number of rotatable bonds is 4. The summed E-state index contributed by atoms with van der Waals surface area (Å²) in [6, 6.07) is 12.6. The second-order valence-electron chi connectivity index (χ2n) is 3.83. The van der Waals surface area contributed by atoms with Gasteiger partial charge in [-0.25, -0.2) is 0 Å². The summed E-state index contributed by atoms with van der Waals surface area (Å²) in [5, 5.41) is 10.5. The first kappa shape index (κ1) is 13.2. The molecule has 0 spiro atoms. The Morgan fingerprint density at radius 2 is 1.61 bits per heavy atom. The summed E-state index contributed by atoms with van der Waals surface area (Å²) in [5.74, 6) is 0.636. The third-order valence-electron chi connectivity index (χ3n) is 2.50. The molecule has 0 aromatic heterocycles. The highest BCUT2D eigenvalue weighted by molar-refractivity contribution is 6.30. The van der Waals surface area contributed by atoms with Crippen LogP contribution in [0.4, 0.5) is 0 Å². The minimum atomic E-state index is -0.101. The number of hydrogen-bond donors (Lipinski definition) is 1. The fourth-order valence-corrected chi connectivity index (χ4v) is 1.87. The van der Waals surface area contributed by atoms with Gasteiger partial charge in [0.1, 0.15) is 12.4 Å². The first-order valence-corrected chi connectivity index (χ1v) is 6.21. The molecule has 0 unspecified atom stereocenters. The van der Waals surface area contributed by atoms with Crippen molar-refractivity contribution < 1.29 is 9.84 Å². The van der Waals surface area contributed by atoms with Crippen LogP contribution in [0.15, 0.2) is 42.5 Å². The molecule has 2 rings (SSSR count). The quantitative estimate of drug-likeness (QED) is 0.916. The van der Waals surface area contributed by atoms with Crippen LogP contribution >= 0.6 is 23.2 Å². The normalized spacial score (nSPS) is 10.4. The molecule has 1 N–H and O–H groups in total. The van der Waals surface area contributed by atoms with E-state index in [1.165, 1.54) is 0 Å². The highest BCUT2D eigenvalue weighted by atomic mass is 35.5. The molecule has 0 aliphatic carbocycles. The summed E-state index contributed by atoms with van der Waals surface area (Å²) < 4.78 is 5.65. The van der Waals surface area contributed by atoms with Crippen molar-refractivity contribution in [2.45, 2.75) is 13.2 Å². The Bertz CT molecular complexity index is 524. The Balaban J connectivity index is 2.08. The van der Waals surface area contributed by atoms with Crippen LogP contribution in [0.2, 0.25) is 10.0 Å². The van der Waals surface area contributed by atoms with E-state index in [0.717, 1.165) is 5.56 Å². The third kappa shape index (κ3) is 3.39. The number of halogens is 2. The molecule has 0 saturated carbocycles. The number of aliphatic hydroxyl groups excluding tert-OH is 1. The second-order valence-corrected chi connectivity index (χ2v) is 4.70. The maximum Gasteiger partial charge on any atom is 0.125 e. The number of aliphatic hydroxyl groups is 1. The molecule has 94 valence electrons. The van der Waals surface area contributed by atoms with Gasteiger partial charge < -0.3 is 9.84 Å². The van der Waals surface area contributed by atoms with E-state index in [2.05, 4.69) is 0 Å². The van der Waals surface area contributed by atoms with Gasteiger partial charge in [0.05, 0.1) is 6.61 Å². The highest BCUT2D eigenvalue weighted by Gasteiger charge is 2.04. The van der Waals surface area contributed by atoms with Crippen molar-refractivity contribution in [3.63, 3.8) is 0 Å². The summed E-state index contributed by atoms with van der Waals surface area (Å²) in [7, 11) is 0. The molecular formula is C14H12Cl2O2. The van der Waals surface area contributed by atoms with Crippen LogP contribution in [0.5, 0.6) is 5.75 Å². The van der Waals surface area contributed by atoms with Crippen LogP contribution in [0, 0.1) is 0 Å². The fraction of sp³-hybridized carbons (Fsp3) is 0.143. The largest absolute Gasteiger partial charge is 0.489 e. The molecule has 0 atom stereocenters. The molecule has 2 aromatic rings. The zero-order chi connectivity index (χ0) is 13.0. The lowest BCUT2D eigenvalue weighted by Crippen LogP contribution is -1.98. The Kier molecular flexibility index (Phi) is 4.48. The monoisotopic (exact) mass is 282 g/mol. The van der Waals surface area contributed by atoms with Gasteiger partial charge in [-0.3, -0.25) is 0 Å². The minimum Gasteiger partial charge on any atom is -0.489 e. The molecule has 0 amide bonds. The lowest BCUT2D eigenvalue weighted by atomic mass is 10.2. The Hall–Kier alpha value is -1.22. The summed E-state index contributed by atoms with van der Waals surface area (Å²) in [4.78, 5) is 0. The average Bonchev–Trinajstić information content (AvgIpc) is 2.39. The highest BCUT2D eigenvalue weighted by Crippen LogP contribution is 2.24. The molecule has 18 heavy (non-hydrogen) atoms. The van der Waals surface area contributed by atoms with Gasteiger partial charge in [0.15, 0.2) is 0 Å². The van der Waals surface area contributed by atoms with E-state index in [1.807, 2.05) is 24.3 Å². The number of ether oxygens (including phenoxy) is 1. The van der Waals surface area contributed by atoms with E-state index in [-0.39, 0.29) is 6.61 Å². The molecule has 0 fully saturated rings. The van der Waals surface area contributed by atoms with Gasteiger partial charge in [0.2, 0.25) is 0 Å². The van der Waals surface area contributed by atoms with Gasteiger partial charge in [-0.1, -0.05) is 35.3 Å². The Morgan fingerprint density at radius 1 is 0.944 bits per heavy atom. The van der Waals surface area contributed by atoms with Crippen LogP contribution in [0.3, 0.4) is 0 Å². The maximum atomic E-state index is 9.22. The lowest BCUT2D eigenvalue weighted by Gasteiger charge is -2.10. The summed E-state index contributed by atoms with van der Waals surface area (Å²) in [5.41, 5.74) is 1.69. The molecular weight excluding hydrogens is 271 g/mol. The second kappa shape index (κ2) is 6.10. The van der Waals surface area contributed by atoms with Gasteiger partial charge in [0.25, 0.3) is 0 Å².